The first-order chi connectivity index (χ1) is 5.25. The van der Waals surface area contributed by atoms with Crippen LogP contribution in [0, 0.1) is 5.41 Å². The van der Waals surface area contributed by atoms with E-state index in [-0.39, 0.29) is 5.71 Å². The molecule has 4 nitrogen and oxygen atoms in total. The fraction of sp³-hybridized carbons (Fsp3) is 0. The Morgan fingerprint density at radius 1 is 1.64 bits per heavy atom. The summed E-state index contributed by atoms with van der Waals surface area (Å²) >= 11 is 0.327. The van der Waals surface area contributed by atoms with Gasteiger partial charge in [0.05, 0.1) is 5.70 Å². The maximum atomic E-state index is 8.36. The van der Waals surface area contributed by atoms with Crippen molar-refractivity contribution in [3.05, 3.63) is 23.9 Å². The second-order valence-corrected chi connectivity index (χ2v) is 2.26. The van der Waals surface area contributed by atoms with Crippen LogP contribution in [0.15, 0.2) is 28.3 Å². The Morgan fingerprint density at radius 2 is 2.36 bits per heavy atom. The molecule has 0 aromatic heterocycles. The van der Waals surface area contributed by atoms with Crippen LogP contribution in [0.25, 0.3) is 0 Å². The Bertz CT molecular complexity index is 267. The van der Waals surface area contributed by atoms with E-state index < -0.39 is 0 Å². The minimum atomic E-state index is 0.147. The molecule has 0 atom stereocenters. The second-order valence-electron chi connectivity index (χ2n) is 1.91. The minimum absolute atomic E-state index is 0.147. The number of hydrogen-bond donors (Lipinski definition) is 3. The van der Waals surface area contributed by atoms with Gasteiger partial charge in [0.15, 0.2) is 0 Å². The molecule has 58 valence electrons. The molecule has 0 radical (unpaired) electrons. The van der Waals surface area contributed by atoms with Crippen molar-refractivity contribution in [1.29, 1.82) is 5.41 Å². The van der Waals surface area contributed by atoms with Crippen molar-refractivity contribution in [3.63, 3.8) is 0 Å². The van der Waals surface area contributed by atoms with Gasteiger partial charge in [0, 0.05) is 0 Å². The molecule has 0 aliphatic heterocycles. The van der Waals surface area contributed by atoms with Crippen molar-refractivity contribution in [2.24, 2.45) is 10.1 Å². The molecule has 0 spiro atoms. The number of nitrogens with zero attached hydrogens (tertiary/aromatic N) is 1. The topological polar surface area (TPSA) is 82.5 Å². The van der Waals surface area contributed by atoms with E-state index in [1.165, 1.54) is 0 Å². The summed E-state index contributed by atoms with van der Waals surface area (Å²) in [5.41, 5.74) is 6.31. The quantitative estimate of drug-likeness (QED) is 0.311. The average Bonchev–Trinajstić information content (AvgIpc) is 1.99. The van der Waals surface area contributed by atoms with Gasteiger partial charge in [0.1, 0.15) is 23.7 Å². The predicted molar refractivity (Wildman–Crippen MR) is 46.8 cm³/mol. The Kier molecular flexibility index (Phi) is 2.45. The van der Waals surface area contributed by atoms with E-state index in [0.717, 1.165) is 0 Å². The first-order valence-electron chi connectivity index (χ1n) is 2.87. The van der Waals surface area contributed by atoms with Gasteiger partial charge in [-0.3, -0.25) is 5.41 Å². The summed E-state index contributed by atoms with van der Waals surface area (Å²) in [5, 5.41) is 7.36. The lowest BCUT2D eigenvalue weighted by Crippen LogP contribution is -2.20. The van der Waals surface area contributed by atoms with E-state index in [0.29, 0.717) is 23.6 Å². The van der Waals surface area contributed by atoms with Crippen LogP contribution in [-0.4, -0.2) is 16.0 Å². The van der Waals surface area contributed by atoms with Gasteiger partial charge in [-0.25, -0.2) is 0 Å². The summed E-state index contributed by atoms with van der Waals surface area (Å²) in [6.45, 7) is 0. The maximum Gasteiger partial charge on any atom is 0.134 e. The third kappa shape index (κ3) is 1.69. The highest BCUT2D eigenvalue weighted by Crippen LogP contribution is 2.05. The Hall–Kier alpha value is -1.07. The molecule has 0 aromatic rings. The van der Waals surface area contributed by atoms with E-state index in [1.54, 1.807) is 18.2 Å². The predicted octanol–water partition coefficient (Wildman–Crippen LogP) is 0.981. The third-order valence-electron chi connectivity index (χ3n) is 1.21. The van der Waals surface area contributed by atoms with Gasteiger partial charge in [-0.05, 0) is 12.2 Å². The smallest absolute Gasteiger partial charge is 0.134 e. The number of rotatable bonds is 1. The first-order valence-corrected chi connectivity index (χ1v) is 3.60. The van der Waals surface area contributed by atoms with E-state index in [1.807, 2.05) is 0 Å². The molecule has 0 amide bonds. The number of hydrogen-bond acceptors (Lipinski definition) is 5. The summed E-state index contributed by atoms with van der Waals surface area (Å²) in [4.78, 5) is 0. The van der Waals surface area contributed by atoms with Crippen molar-refractivity contribution < 1.29 is 4.55 Å². The zero-order valence-corrected chi connectivity index (χ0v) is 6.43. The molecule has 0 saturated carbocycles. The van der Waals surface area contributed by atoms with Crippen LogP contribution in [0.2, 0.25) is 0 Å². The van der Waals surface area contributed by atoms with E-state index in [9.17, 15) is 0 Å². The summed E-state index contributed by atoms with van der Waals surface area (Å²) in [6.07, 6.45) is 4.91. The van der Waals surface area contributed by atoms with Crippen LogP contribution >= 0.6 is 12.2 Å². The SMILES string of the molecule is N=C1C(N)=CC=CC1=NSO. The molecular weight excluding hydrogens is 162 g/mol. The van der Waals surface area contributed by atoms with Gasteiger partial charge < -0.3 is 10.3 Å². The first kappa shape index (κ1) is 8.03. The molecule has 0 fully saturated rings. The van der Waals surface area contributed by atoms with E-state index >= 15 is 0 Å². The molecule has 1 aliphatic carbocycles. The van der Waals surface area contributed by atoms with Crippen molar-refractivity contribution in [1.82, 2.24) is 0 Å². The fourth-order valence-electron chi connectivity index (χ4n) is 0.678. The normalized spacial score (nSPS) is 20.6. The van der Waals surface area contributed by atoms with Crippen LogP contribution in [0.4, 0.5) is 0 Å². The van der Waals surface area contributed by atoms with Crippen LogP contribution < -0.4 is 5.73 Å². The van der Waals surface area contributed by atoms with E-state index in [4.69, 9.17) is 15.7 Å². The summed E-state index contributed by atoms with van der Waals surface area (Å²) in [7, 11) is 0. The van der Waals surface area contributed by atoms with Crippen molar-refractivity contribution in [2.75, 3.05) is 0 Å². The molecule has 0 aromatic carbocycles. The number of allylic oxidation sites excluding steroid dienone is 4. The molecule has 0 unspecified atom stereocenters. The standard InChI is InChI=1S/C6H7N3OS/c7-4-2-1-3-5(6(4)8)9-11-10/h1-3,8,10H,7H2. The highest BCUT2D eigenvalue weighted by Gasteiger charge is 2.09. The highest BCUT2D eigenvalue weighted by atomic mass is 32.2. The van der Waals surface area contributed by atoms with Crippen molar-refractivity contribution in [3.8, 4) is 0 Å². The van der Waals surface area contributed by atoms with Crippen LogP contribution in [0.5, 0.6) is 0 Å². The Balaban J connectivity index is 2.90. The zero-order chi connectivity index (χ0) is 8.27. The Labute approximate surface area is 68.4 Å². The summed E-state index contributed by atoms with van der Waals surface area (Å²) in [6, 6.07) is 0. The van der Waals surface area contributed by atoms with Crippen LogP contribution in [0.3, 0.4) is 0 Å². The summed E-state index contributed by atoms with van der Waals surface area (Å²) < 4.78 is 11.9. The summed E-state index contributed by atoms with van der Waals surface area (Å²) in [5.74, 6) is 0. The molecule has 11 heavy (non-hydrogen) atoms. The molecule has 1 rings (SSSR count). The maximum absolute atomic E-state index is 8.36. The monoisotopic (exact) mass is 169 g/mol. The second kappa shape index (κ2) is 3.36. The van der Waals surface area contributed by atoms with Gasteiger partial charge in [-0.2, -0.15) is 4.40 Å². The number of nitrogens with one attached hydrogen (secondary N) is 1. The largest absolute Gasteiger partial charge is 0.397 e. The van der Waals surface area contributed by atoms with E-state index in [2.05, 4.69) is 4.40 Å². The van der Waals surface area contributed by atoms with Crippen molar-refractivity contribution in [2.45, 2.75) is 0 Å². The molecule has 0 saturated heterocycles. The van der Waals surface area contributed by atoms with Crippen LogP contribution in [-0.2, 0) is 0 Å². The van der Waals surface area contributed by atoms with Crippen molar-refractivity contribution >= 4 is 23.7 Å². The minimum Gasteiger partial charge on any atom is -0.397 e. The molecule has 0 bridgehead atoms. The van der Waals surface area contributed by atoms with Crippen LogP contribution in [0.1, 0.15) is 0 Å². The average molecular weight is 169 g/mol. The zero-order valence-electron chi connectivity index (χ0n) is 5.61. The Morgan fingerprint density at radius 3 is 3.00 bits per heavy atom. The lowest BCUT2D eigenvalue weighted by molar-refractivity contribution is 0.666. The van der Waals surface area contributed by atoms with Gasteiger partial charge in [-0.1, -0.05) is 6.08 Å². The molecule has 5 heteroatoms. The fourth-order valence-corrected chi connectivity index (χ4v) is 0.918. The lowest BCUT2D eigenvalue weighted by Gasteiger charge is -2.05. The lowest BCUT2D eigenvalue weighted by atomic mass is 10.1. The third-order valence-corrected chi connectivity index (χ3v) is 1.49. The molecular formula is C6H7N3OS. The van der Waals surface area contributed by atoms with Gasteiger partial charge >= 0.3 is 0 Å². The highest BCUT2D eigenvalue weighted by molar-refractivity contribution is 7.92. The van der Waals surface area contributed by atoms with Gasteiger partial charge in [0.25, 0.3) is 0 Å². The van der Waals surface area contributed by atoms with Gasteiger partial charge in [-0.15, -0.1) is 0 Å². The molecule has 0 heterocycles. The number of nitrogens with two attached hydrogens (primary N) is 1. The molecule has 4 N–H and O–H groups in total. The molecule has 1 aliphatic rings. The van der Waals surface area contributed by atoms with Gasteiger partial charge in [0.2, 0.25) is 0 Å².